The second-order valence-electron chi connectivity index (χ2n) is 5.12. The Balaban J connectivity index is 2.68. The number of rotatable bonds is 4. The lowest BCUT2D eigenvalue weighted by atomic mass is 10.1. The second kappa shape index (κ2) is 6.70. The fourth-order valence-electron chi connectivity index (χ4n) is 1.33. The number of carbonyl (C=O) groups excluding carboxylic acids is 1. The quantitative estimate of drug-likeness (QED) is 0.823. The molecule has 1 amide bonds. The van der Waals surface area contributed by atoms with E-state index in [0.717, 1.165) is 0 Å². The highest BCUT2D eigenvalue weighted by Gasteiger charge is 2.17. The van der Waals surface area contributed by atoms with Crippen LogP contribution in [-0.2, 0) is 9.53 Å². The predicted octanol–water partition coefficient (Wildman–Crippen LogP) is 2.07. The average Bonchev–Trinajstić information content (AvgIpc) is 2.33. The molecule has 0 aliphatic carbocycles. The summed E-state index contributed by atoms with van der Waals surface area (Å²) < 4.78 is 5.04. The van der Waals surface area contributed by atoms with Crippen molar-refractivity contribution < 1.29 is 19.4 Å². The summed E-state index contributed by atoms with van der Waals surface area (Å²) in [5.41, 5.74) is 0.0697. The van der Waals surface area contributed by atoms with Gasteiger partial charge in [0, 0.05) is 12.4 Å². The molecule has 2 N–H and O–H groups in total. The van der Waals surface area contributed by atoms with E-state index >= 15 is 0 Å². The van der Waals surface area contributed by atoms with E-state index in [4.69, 9.17) is 9.84 Å². The molecule has 1 heterocycles. The number of hydrogen-bond acceptors (Lipinski definition) is 4. The first-order valence-corrected chi connectivity index (χ1v) is 6.08. The molecule has 1 aromatic rings. The minimum Gasteiger partial charge on any atom is -0.478 e. The van der Waals surface area contributed by atoms with Crippen molar-refractivity contribution in [3.8, 4) is 0 Å². The smallest absolute Gasteiger partial charge is 0.407 e. The van der Waals surface area contributed by atoms with E-state index in [1.54, 1.807) is 39.1 Å². The lowest BCUT2D eigenvalue weighted by Crippen LogP contribution is -2.34. The van der Waals surface area contributed by atoms with E-state index in [0.29, 0.717) is 5.56 Å². The van der Waals surface area contributed by atoms with Gasteiger partial charge in [-0.15, -0.1) is 0 Å². The maximum absolute atomic E-state index is 11.5. The van der Waals surface area contributed by atoms with Crippen LogP contribution in [0.25, 0.3) is 6.08 Å². The molecule has 6 heteroatoms. The first-order chi connectivity index (χ1) is 9.28. The van der Waals surface area contributed by atoms with Crippen molar-refractivity contribution in [2.45, 2.75) is 26.4 Å². The van der Waals surface area contributed by atoms with E-state index in [1.807, 2.05) is 0 Å². The van der Waals surface area contributed by atoms with E-state index in [2.05, 4.69) is 10.3 Å². The number of carboxylic acid groups (broad SMARTS) is 1. The molecule has 20 heavy (non-hydrogen) atoms. The van der Waals surface area contributed by atoms with E-state index < -0.39 is 17.7 Å². The number of amides is 1. The predicted molar refractivity (Wildman–Crippen MR) is 74.1 cm³/mol. The highest BCUT2D eigenvalue weighted by atomic mass is 16.6. The average molecular weight is 278 g/mol. The van der Waals surface area contributed by atoms with E-state index in [-0.39, 0.29) is 12.1 Å². The molecule has 108 valence electrons. The number of alkyl carbamates (subject to hydrolysis) is 1. The Labute approximate surface area is 117 Å². The molecular weight excluding hydrogens is 260 g/mol. The molecule has 6 nitrogen and oxygen atoms in total. The van der Waals surface area contributed by atoms with Gasteiger partial charge in [0.2, 0.25) is 0 Å². The lowest BCUT2D eigenvalue weighted by molar-refractivity contribution is -0.132. The van der Waals surface area contributed by atoms with Crippen LogP contribution in [0.1, 0.15) is 26.3 Å². The number of carbonyl (C=O) groups is 2. The van der Waals surface area contributed by atoms with Gasteiger partial charge in [0.1, 0.15) is 5.60 Å². The van der Waals surface area contributed by atoms with Crippen LogP contribution in [0.5, 0.6) is 0 Å². The van der Waals surface area contributed by atoms with Gasteiger partial charge < -0.3 is 15.2 Å². The molecule has 0 atom stereocenters. The van der Waals surface area contributed by atoms with Crippen LogP contribution in [0.4, 0.5) is 4.79 Å². The van der Waals surface area contributed by atoms with Crippen LogP contribution in [0.2, 0.25) is 0 Å². The molecule has 0 aliphatic rings. The van der Waals surface area contributed by atoms with Crippen LogP contribution in [0, 0.1) is 0 Å². The third kappa shape index (κ3) is 5.99. The zero-order chi connectivity index (χ0) is 15.2. The van der Waals surface area contributed by atoms with Crippen molar-refractivity contribution in [3.05, 3.63) is 35.7 Å². The molecule has 0 spiro atoms. The summed E-state index contributed by atoms with van der Waals surface area (Å²) in [7, 11) is 0. The molecule has 1 rings (SSSR count). The number of carboxylic acids is 1. The Kier molecular flexibility index (Phi) is 5.25. The third-order valence-corrected chi connectivity index (χ3v) is 2.12. The molecule has 0 saturated heterocycles. The topological polar surface area (TPSA) is 88.5 Å². The Hall–Kier alpha value is -2.37. The van der Waals surface area contributed by atoms with Gasteiger partial charge in [-0.2, -0.15) is 0 Å². The summed E-state index contributed by atoms with van der Waals surface area (Å²) in [6, 6.07) is 3.43. The zero-order valence-corrected chi connectivity index (χ0v) is 11.7. The van der Waals surface area contributed by atoms with E-state index in [1.165, 1.54) is 12.3 Å². The van der Waals surface area contributed by atoms with Gasteiger partial charge in [-0.05, 0) is 38.5 Å². The maximum atomic E-state index is 11.5. The van der Waals surface area contributed by atoms with Crippen LogP contribution < -0.4 is 5.32 Å². The summed E-state index contributed by atoms with van der Waals surface area (Å²) >= 11 is 0. The Morgan fingerprint density at radius 3 is 2.65 bits per heavy atom. The number of aliphatic carboxylic acids is 1. The van der Waals surface area contributed by atoms with Crippen LogP contribution >= 0.6 is 0 Å². The monoisotopic (exact) mass is 278 g/mol. The van der Waals surface area contributed by atoms with Gasteiger partial charge in [-0.3, -0.25) is 4.98 Å². The molecule has 1 aromatic heterocycles. The second-order valence-corrected chi connectivity index (χ2v) is 5.12. The molecule has 0 radical (unpaired) electrons. The highest BCUT2D eigenvalue weighted by Crippen LogP contribution is 2.08. The van der Waals surface area contributed by atoms with Crippen molar-refractivity contribution in [2.75, 3.05) is 6.54 Å². The number of hydrogen-bond donors (Lipinski definition) is 2. The van der Waals surface area contributed by atoms with Gasteiger partial charge in [0.25, 0.3) is 0 Å². The summed E-state index contributed by atoms with van der Waals surface area (Å²) in [5, 5.41) is 11.5. The molecule has 0 aromatic carbocycles. The van der Waals surface area contributed by atoms with E-state index in [9.17, 15) is 9.59 Å². The van der Waals surface area contributed by atoms with Gasteiger partial charge in [0.05, 0.1) is 12.1 Å². The zero-order valence-electron chi connectivity index (χ0n) is 11.7. The van der Waals surface area contributed by atoms with Gasteiger partial charge in [-0.1, -0.05) is 6.07 Å². The van der Waals surface area contributed by atoms with Crippen molar-refractivity contribution in [1.82, 2.24) is 10.3 Å². The number of aromatic nitrogens is 1. The Morgan fingerprint density at radius 1 is 1.45 bits per heavy atom. The number of nitrogens with zero attached hydrogens (tertiary/aromatic N) is 1. The summed E-state index contributed by atoms with van der Waals surface area (Å²) in [6.07, 6.45) is 3.93. The fraction of sp³-hybridized carbons (Fsp3) is 0.357. The van der Waals surface area contributed by atoms with Crippen molar-refractivity contribution in [3.63, 3.8) is 0 Å². The Bertz CT molecular complexity index is 504. The minimum absolute atomic E-state index is 0.0452. The summed E-state index contributed by atoms with van der Waals surface area (Å²) in [6.45, 7) is 5.07. The number of pyridine rings is 1. The van der Waals surface area contributed by atoms with Gasteiger partial charge in [-0.25, -0.2) is 9.59 Å². The standard InChI is InChI=1S/C14H18N2O4/c1-14(2,3)20-13(19)16-9-11(12(17)18)7-10-5-4-6-15-8-10/h4-8H,9H2,1-3H3,(H,16,19)(H,17,18)/b11-7+. The normalized spacial score (nSPS) is 11.8. The van der Waals surface area contributed by atoms with Crippen LogP contribution in [0.15, 0.2) is 30.1 Å². The largest absolute Gasteiger partial charge is 0.478 e. The SMILES string of the molecule is CC(C)(C)OC(=O)NC/C(=C\c1cccnc1)C(=O)O. The summed E-state index contributed by atoms with van der Waals surface area (Å²) in [4.78, 5) is 26.5. The molecule has 0 saturated carbocycles. The van der Waals surface area contributed by atoms with Gasteiger partial charge in [0.15, 0.2) is 0 Å². The molecule has 0 bridgehead atoms. The van der Waals surface area contributed by atoms with Crippen molar-refractivity contribution in [1.29, 1.82) is 0 Å². The van der Waals surface area contributed by atoms with Crippen molar-refractivity contribution in [2.24, 2.45) is 0 Å². The van der Waals surface area contributed by atoms with Crippen molar-refractivity contribution >= 4 is 18.1 Å². The lowest BCUT2D eigenvalue weighted by Gasteiger charge is -2.19. The maximum Gasteiger partial charge on any atom is 0.407 e. The van der Waals surface area contributed by atoms with Gasteiger partial charge >= 0.3 is 12.1 Å². The highest BCUT2D eigenvalue weighted by molar-refractivity contribution is 5.93. The summed E-state index contributed by atoms with van der Waals surface area (Å²) in [5.74, 6) is -1.11. The minimum atomic E-state index is -1.11. The molecular formula is C14H18N2O4. The molecule has 0 fully saturated rings. The van der Waals surface area contributed by atoms with Crippen LogP contribution in [-0.4, -0.2) is 34.3 Å². The molecule has 0 aliphatic heterocycles. The molecule has 0 unspecified atom stereocenters. The Morgan fingerprint density at radius 2 is 2.15 bits per heavy atom. The number of ether oxygens (including phenoxy) is 1. The third-order valence-electron chi connectivity index (χ3n) is 2.12. The van der Waals surface area contributed by atoms with Crippen LogP contribution in [0.3, 0.4) is 0 Å². The first kappa shape index (κ1) is 15.7. The number of nitrogens with one attached hydrogen (secondary N) is 1. The fourth-order valence-corrected chi connectivity index (χ4v) is 1.33. The first-order valence-electron chi connectivity index (χ1n) is 6.08.